The molecule has 0 bridgehead atoms. The van der Waals surface area contributed by atoms with Crippen LogP contribution in [0.4, 0.5) is 8.78 Å². The van der Waals surface area contributed by atoms with Crippen LogP contribution in [0.1, 0.15) is 28.2 Å². The van der Waals surface area contributed by atoms with Crippen LogP contribution < -0.4 is 0 Å². The van der Waals surface area contributed by atoms with Crippen LogP contribution in [0.2, 0.25) is 5.02 Å². The molecule has 0 amide bonds. The summed E-state index contributed by atoms with van der Waals surface area (Å²) in [6, 6.07) is 5.36. The predicted octanol–water partition coefficient (Wildman–Crippen LogP) is 4.90. The van der Waals surface area contributed by atoms with E-state index < -0.39 is 17.6 Å². The molecule has 0 spiro atoms. The van der Waals surface area contributed by atoms with Gasteiger partial charge in [-0.15, -0.1) is 0 Å². The number of halogens is 4. The van der Waals surface area contributed by atoms with Crippen molar-refractivity contribution in [1.82, 2.24) is 9.55 Å². The van der Waals surface area contributed by atoms with Crippen LogP contribution in [0.3, 0.4) is 0 Å². The van der Waals surface area contributed by atoms with Gasteiger partial charge in [-0.1, -0.05) is 11.6 Å². The molecule has 0 N–H and O–H groups in total. The number of rotatable bonds is 5. The van der Waals surface area contributed by atoms with Crippen molar-refractivity contribution in [2.24, 2.45) is 0 Å². The van der Waals surface area contributed by atoms with Crippen molar-refractivity contribution < 1.29 is 23.0 Å². The number of esters is 1. The van der Waals surface area contributed by atoms with Gasteiger partial charge in [0.2, 0.25) is 0 Å². The van der Waals surface area contributed by atoms with Gasteiger partial charge in [-0.3, -0.25) is 0 Å². The van der Waals surface area contributed by atoms with Crippen molar-refractivity contribution in [3.8, 4) is 0 Å². The molecule has 29 heavy (non-hydrogen) atoms. The minimum atomic E-state index is -0.558. The van der Waals surface area contributed by atoms with Gasteiger partial charge in [0, 0.05) is 13.0 Å². The van der Waals surface area contributed by atoms with E-state index in [4.69, 9.17) is 21.1 Å². The lowest BCUT2D eigenvalue weighted by Crippen LogP contribution is -2.31. The van der Waals surface area contributed by atoms with Crippen molar-refractivity contribution in [2.45, 2.75) is 25.5 Å². The SMILES string of the molecule is COC(=O)c1cc(Cl)c2nc(Cc3cc(F)c(Br)cc3F)n(CC3CCO3)c2c1. The molecule has 9 heteroatoms. The number of hydrogen-bond donors (Lipinski definition) is 0. The number of carbonyl (C=O) groups excluding carboxylic acids is 1. The van der Waals surface area contributed by atoms with E-state index >= 15 is 0 Å². The topological polar surface area (TPSA) is 53.3 Å². The highest BCUT2D eigenvalue weighted by molar-refractivity contribution is 9.10. The average Bonchev–Trinajstić information content (AvgIpc) is 2.99. The van der Waals surface area contributed by atoms with E-state index in [9.17, 15) is 13.6 Å². The number of methoxy groups -OCH3 is 1. The number of aromatic nitrogens is 2. The van der Waals surface area contributed by atoms with Crippen LogP contribution in [-0.4, -0.2) is 35.3 Å². The first-order valence-corrected chi connectivity index (χ1v) is 10.1. The summed E-state index contributed by atoms with van der Waals surface area (Å²) >= 11 is 9.34. The maximum atomic E-state index is 14.4. The quantitative estimate of drug-likeness (QED) is 0.381. The number of hydrogen-bond acceptors (Lipinski definition) is 4. The third kappa shape index (κ3) is 3.89. The van der Waals surface area contributed by atoms with Gasteiger partial charge < -0.3 is 14.0 Å². The highest BCUT2D eigenvalue weighted by atomic mass is 79.9. The summed E-state index contributed by atoms with van der Waals surface area (Å²) in [6.07, 6.45) is 0.921. The zero-order chi connectivity index (χ0) is 20.7. The molecular weight excluding hydrogens is 470 g/mol. The van der Waals surface area contributed by atoms with Crippen molar-refractivity contribution >= 4 is 44.5 Å². The fourth-order valence-corrected chi connectivity index (χ4v) is 3.88. The molecule has 0 radical (unpaired) electrons. The normalized spacial score (nSPS) is 16.1. The lowest BCUT2D eigenvalue weighted by molar-refractivity contribution is -0.0589. The van der Waals surface area contributed by atoms with E-state index in [1.54, 1.807) is 6.07 Å². The third-order valence-electron chi connectivity index (χ3n) is 4.93. The minimum Gasteiger partial charge on any atom is -0.465 e. The summed E-state index contributed by atoms with van der Waals surface area (Å²) in [4.78, 5) is 16.6. The van der Waals surface area contributed by atoms with Crippen LogP contribution in [-0.2, 0) is 22.4 Å². The maximum Gasteiger partial charge on any atom is 0.337 e. The number of imidazole rings is 1. The first kappa shape index (κ1) is 20.3. The number of fused-ring (bicyclic) bond motifs is 1. The Labute approximate surface area is 178 Å². The first-order chi connectivity index (χ1) is 13.9. The standard InChI is InChI=1S/C20H16BrClF2N2O3/c1-28-20(27)11-4-14(22)19-17(6-11)26(9-12-2-3-29-12)18(25-19)7-10-5-16(24)13(21)8-15(10)23/h4-6,8,12H,2-3,7,9H2,1H3. The Morgan fingerprint density at radius 1 is 1.34 bits per heavy atom. The molecule has 152 valence electrons. The zero-order valence-corrected chi connectivity index (χ0v) is 17.7. The van der Waals surface area contributed by atoms with Crippen LogP contribution in [0.5, 0.6) is 0 Å². The monoisotopic (exact) mass is 484 g/mol. The third-order valence-corrected chi connectivity index (χ3v) is 5.82. The zero-order valence-electron chi connectivity index (χ0n) is 15.3. The van der Waals surface area contributed by atoms with Gasteiger partial charge in [-0.2, -0.15) is 0 Å². The summed E-state index contributed by atoms with van der Waals surface area (Å²) in [5.41, 5.74) is 1.54. The van der Waals surface area contributed by atoms with Gasteiger partial charge in [0.15, 0.2) is 0 Å². The van der Waals surface area contributed by atoms with E-state index in [0.29, 0.717) is 30.0 Å². The van der Waals surface area contributed by atoms with Crippen molar-refractivity contribution in [3.05, 3.63) is 62.3 Å². The molecule has 1 unspecified atom stereocenters. The Balaban J connectivity index is 1.84. The van der Waals surface area contributed by atoms with Gasteiger partial charge >= 0.3 is 5.97 Å². The number of ether oxygens (including phenoxy) is 2. The molecule has 2 aromatic carbocycles. The molecule has 2 heterocycles. The van der Waals surface area contributed by atoms with Gasteiger partial charge in [-0.05, 0) is 52.2 Å². The molecule has 1 aliphatic rings. The van der Waals surface area contributed by atoms with Crippen molar-refractivity contribution in [2.75, 3.05) is 13.7 Å². The van der Waals surface area contributed by atoms with Gasteiger partial charge in [-0.25, -0.2) is 18.6 Å². The van der Waals surface area contributed by atoms with E-state index in [-0.39, 0.29) is 33.1 Å². The van der Waals surface area contributed by atoms with E-state index in [0.717, 1.165) is 18.6 Å². The highest BCUT2D eigenvalue weighted by Gasteiger charge is 2.24. The van der Waals surface area contributed by atoms with Crippen LogP contribution >= 0.6 is 27.5 Å². The lowest BCUT2D eigenvalue weighted by Gasteiger charge is -2.27. The molecule has 0 saturated carbocycles. The number of benzene rings is 2. The van der Waals surface area contributed by atoms with E-state index in [2.05, 4.69) is 20.9 Å². The average molecular weight is 486 g/mol. The molecule has 1 aromatic heterocycles. The van der Waals surface area contributed by atoms with E-state index in [1.165, 1.54) is 13.2 Å². The minimum absolute atomic E-state index is 0.0155. The Morgan fingerprint density at radius 3 is 2.76 bits per heavy atom. The summed E-state index contributed by atoms with van der Waals surface area (Å²) in [5, 5.41) is 0.278. The van der Waals surface area contributed by atoms with Crippen LogP contribution in [0.25, 0.3) is 11.0 Å². The fourth-order valence-electron chi connectivity index (χ4n) is 3.31. The molecule has 4 rings (SSSR count). The Morgan fingerprint density at radius 2 is 2.10 bits per heavy atom. The molecule has 0 aliphatic carbocycles. The van der Waals surface area contributed by atoms with E-state index in [1.807, 2.05) is 4.57 Å². The number of carbonyl (C=O) groups is 1. The summed E-state index contributed by atoms with van der Waals surface area (Å²) in [7, 11) is 1.29. The Kier molecular flexibility index (Phi) is 5.59. The molecule has 1 fully saturated rings. The molecule has 5 nitrogen and oxygen atoms in total. The van der Waals surface area contributed by atoms with Gasteiger partial charge in [0.25, 0.3) is 0 Å². The maximum absolute atomic E-state index is 14.4. The second-order valence-corrected chi connectivity index (χ2v) is 8.03. The Hall–Kier alpha value is -2.03. The van der Waals surface area contributed by atoms with Gasteiger partial charge in [0.05, 0.1) is 40.3 Å². The molecule has 1 atom stereocenters. The predicted molar refractivity (Wildman–Crippen MR) is 107 cm³/mol. The smallest absolute Gasteiger partial charge is 0.337 e. The van der Waals surface area contributed by atoms with Crippen molar-refractivity contribution in [3.63, 3.8) is 0 Å². The van der Waals surface area contributed by atoms with Crippen molar-refractivity contribution in [1.29, 1.82) is 0 Å². The summed E-state index contributed by atoms with van der Waals surface area (Å²) in [5.74, 6) is -1.13. The number of nitrogens with zero attached hydrogens (tertiary/aromatic N) is 2. The van der Waals surface area contributed by atoms with Crippen LogP contribution in [0.15, 0.2) is 28.7 Å². The molecule has 1 saturated heterocycles. The summed E-state index contributed by atoms with van der Waals surface area (Å²) < 4.78 is 40.6. The molecule has 1 aliphatic heterocycles. The largest absolute Gasteiger partial charge is 0.465 e. The molecule has 3 aromatic rings. The Bertz CT molecular complexity index is 1120. The highest BCUT2D eigenvalue weighted by Crippen LogP contribution is 2.30. The fraction of sp³-hybridized carbons (Fsp3) is 0.300. The van der Waals surface area contributed by atoms with Crippen LogP contribution in [0, 0.1) is 11.6 Å². The van der Waals surface area contributed by atoms with Gasteiger partial charge in [0.1, 0.15) is 23.0 Å². The summed E-state index contributed by atoms with van der Waals surface area (Å²) in [6.45, 7) is 1.14. The second kappa shape index (κ2) is 8.01. The lowest BCUT2D eigenvalue weighted by atomic mass is 10.1. The second-order valence-electron chi connectivity index (χ2n) is 6.77. The molecular formula is C20H16BrClF2N2O3. The first-order valence-electron chi connectivity index (χ1n) is 8.89.